The first-order chi connectivity index (χ1) is 13.7. The lowest BCUT2D eigenvalue weighted by Gasteiger charge is -2.51. The first-order valence-corrected chi connectivity index (χ1v) is 9.96. The Hall–Kier alpha value is -2.71. The number of hydrogen-bond donors (Lipinski definition) is 0. The minimum atomic E-state index is -0.231. The van der Waals surface area contributed by atoms with Crippen LogP contribution in [-0.4, -0.2) is 47.4 Å². The first kappa shape index (κ1) is 17.4. The fraction of sp³-hybridized carbons (Fsp3) is 0.391. The van der Waals surface area contributed by atoms with E-state index in [0.29, 0.717) is 29.6 Å². The summed E-state index contributed by atoms with van der Waals surface area (Å²) < 4.78 is 13.5. The van der Waals surface area contributed by atoms with Crippen molar-refractivity contribution in [2.24, 2.45) is 5.92 Å². The normalized spacial score (nSPS) is 30.7. The second kappa shape index (κ2) is 6.72. The molecular weight excluding hydrogens is 353 g/mol. The van der Waals surface area contributed by atoms with E-state index in [0.717, 1.165) is 31.5 Å². The predicted molar refractivity (Wildman–Crippen MR) is 103 cm³/mol. The first-order valence-electron chi connectivity index (χ1n) is 9.96. The van der Waals surface area contributed by atoms with Gasteiger partial charge in [-0.15, -0.1) is 0 Å². The van der Waals surface area contributed by atoms with E-state index in [4.69, 9.17) is 0 Å². The molecule has 0 aromatic heterocycles. The maximum Gasteiger partial charge on any atom is 0.254 e. The van der Waals surface area contributed by atoms with Crippen LogP contribution in [0.25, 0.3) is 0 Å². The van der Waals surface area contributed by atoms with Crippen LogP contribution >= 0.6 is 0 Å². The maximum absolute atomic E-state index is 13.5. The second-order valence-corrected chi connectivity index (χ2v) is 8.16. The van der Waals surface area contributed by atoms with Gasteiger partial charge in [0, 0.05) is 24.1 Å². The Kier molecular flexibility index (Phi) is 4.17. The Bertz CT molecular complexity index is 943. The zero-order valence-electron chi connectivity index (χ0n) is 15.6. The van der Waals surface area contributed by atoms with E-state index in [-0.39, 0.29) is 23.7 Å². The van der Waals surface area contributed by atoms with Crippen LogP contribution in [0.1, 0.15) is 40.2 Å². The van der Waals surface area contributed by atoms with Crippen LogP contribution in [0, 0.1) is 23.1 Å². The molecule has 4 fully saturated rings. The van der Waals surface area contributed by atoms with Crippen molar-refractivity contribution in [3.05, 3.63) is 71.0 Å². The van der Waals surface area contributed by atoms with Gasteiger partial charge in [0.25, 0.3) is 5.91 Å². The molecule has 1 amide bonds. The number of piperidine rings is 3. The third-order valence-electron chi connectivity index (χ3n) is 6.79. The highest BCUT2D eigenvalue weighted by molar-refractivity contribution is 5.95. The van der Waals surface area contributed by atoms with E-state index >= 15 is 0 Å². The van der Waals surface area contributed by atoms with Gasteiger partial charge >= 0.3 is 0 Å². The van der Waals surface area contributed by atoms with E-state index in [1.165, 1.54) is 12.1 Å². The molecule has 5 heteroatoms. The van der Waals surface area contributed by atoms with Crippen molar-refractivity contribution in [1.82, 2.24) is 9.80 Å². The highest BCUT2D eigenvalue weighted by atomic mass is 19.1. The Labute approximate surface area is 164 Å². The molecule has 28 heavy (non-hydrogen) atoms. The van der Waals surface area contributed by atoms with Gasteiger partial charge in [-0.25, -0.2) is 4.39 Å². The summed E-state index contributed by atoms with van der Waals surface area (Å²) in [4.78, 5) is 18.0. The Morgan fingerprint density at radius 1 is 1.07 bits per heavy atom. The minimum Gasteiger partial charge on any atom is -0.333 e. The fourth-order valence-corrected chi connectivity index (χ4v) is 5.55. The molecule has 4 aliphatic heterocycles. The van der Waals surface area contributed by atoms with Gasteiger partial charge in [-0.3, -0.25) is 9.69 Å². The average Bonchev–Trinajstić information content (AvgIpc) is 3.17. The van der Waals surface area contributed by atoms with Crippen LogP contribution in [0.15, 0.2) is 48.5 Å². The molecular formula is C23H22FN3O. The number of nitrogens with zero attached hydrogens (tertiary/aromatic N) is 3. The maximum atomic E-state index is 13.5. The lowest BCUT2D eigenvalue weighted by Crippen LogP contribution is -2.60. The number of amides is 1. The molecule has 4 nitrogen and oxygen atoms in total. The lowest BCUT2D eigenvalue weighted by atomic mass is 9.75. The van der Waals surface area contributed by atoms with Gasteiger partial charge in [0.2, 0.25) is 0 Å². The molecule has 0 N–H and O–H groups in total. The largest absolute Gasteiger partial charge is 0.333 e. The molecule has 0 spiro atoms. The number of carbonyl (C=O) groups is 1. The van der Waals surface area contributed by atoms with E-state index in [9.17, 15) is 14.4 Å². The number of benzene rings is 2. The third kappa shape index (κ3) is 2.71. The van der Waals surface area contributed by atoms with Gasteiger partial charge in [-0.1, -0.05) is 18.2 Å². The summed E-state index contributed by atoms with van der Waals surface area (Å²) in [5.41, 5.74) is 2.18. The topological polar surface area (TPSA) is 47.3 Å². The number of fused-ring (bicyclic) bond motifs is 2. The van der Waals surface area contributed by atoms with Crippen molar-refractivity contribution < 1.29 is 9.18 Å². The van der Waals surface area contributed by atoms with Gasteiger partial charge in [-0.2, -0.15) is 5.26 Å². The van der Waals surface area contributed by atoms with Crippen LogP contribution in [-0.2, 0) is 0 Å². The number of carbonyl (C=O) groups excluding carboxylic acids is 1. The molecule has 4 saturated heterocycles. The van der Waals surface area contributed by atoms with Crippen molar-refractivity contribution in [2.45, 2.75) is 30.8 Å². The van der Waals surface area contributed by atoms with Crippen LogP contribution in [0.4, 0.5) is 4.39 Å². The van der Waals surface area contributed by atoms with E-state index in [1.807, 2.05) is 17.0 Å². The lowest BCUT2D eigenvalue weighted by molar-refractivity contribution is -0.00341. The third-order valence-corrected chi connectivity index (χ3v) is 6.79. The number of hydrogen-bond acceptors (Lipinski definition) is 3. The zero-order valence-corrected chi connectivity index (χ0v) is 15.6. The summed E-state index contributed by atoms with van der Waals surface area (Å²) in [7, 11) is 0. The monoisotopic (exact) mass is 375 g/mol. The molecule has 4 aliphatic rings. The molecule has 3 atom stereocenters. The van der Waals surface area contributed by atoms with E-state index in [1.54, 1.807) is 24.3 Å². The predicted octanol–water partition coefficient (Wildman–Crippen LogP) is 3.40. The van der Waals surface area contributed by atoms with E-state index < -0.39 is 0 Å². The smallest absolute Gasteiger partial charge is 0.254 e. The molecule has 142 valence electrons. The van der Waals surface area contributed by atoms with Gasteiger partial charge in [-0.05, 0) is 67.7 Å². The fourth-order valence-electron chi connectivity index (χ4n) is 5.55. The summed E-state index contributed by atoms with van der Waals surface area (Å²) in [5.74, 6) is 0.482. The number of nitriles is 1. The highest BCUT2D eigenvalue weighted by Gasteiger charge is 2.54. The summed E-state index contributed by atoms with van der Waals surface area (Å²) in [6, 6.07) is 16.3. The second-order valence-electron chi connectivity index (χ2n) is 8.16. The molecule has 2 aromatic rings. The van der Waals surface area contributed by atoms with Gasteiger partial charge in [0.05, 0.1) is 17.7 Å². The summed E-state index contributed by atoms with van der Waals surface area (Å²) in [5, 5.41) is 9.18. The van der Waals surface area contributed by atoms with Crippen LogP contribution in [0.2, 0.25) is 0 Å². The molecule has 0 saturated carbocycles. The average molecular weight is 375 g/mol. The summed E-state index contributed by atoms with van der Waals surface area (Å²) in [6.07, 6.45) is 2.25. The zero-order chi connectivity index (χ0) is 19.3. The van der Waals surface area contributed by atoms with Crippen molar-refractivity contribution >= 4 is 5.91 Å². The number of likely N-dealkylation sites (tertiary alicyclic amines) is 1. The van der Waals surface area contributed by atoms with Crippen LogP contribution < -0.4 is 0 Å². The van der Waals surface area contributed by atoms with Gasteiger partial charge in [0.1, 0.15) is 5.82 Å². The number of halogens is 1. The van der Waals surface area contributed by atoms with Crippen LogP contribution in [0.5, 0.6) is 0 Å². The summed E-state index contributed by atoms with van der Waals surface area (Å²) >= 11 is 0. The molecule has 2 aromatic carbocycles. The van der Waals surface area contributed by atoms with Crippen molar-refractivity contribution in [3.63, 3.8) is 0 Å². The molecule has 0 unspecified atom stereocenters. The summed E-state index contributed by atoms with van der Waals surface area (Å²) in [6.45, 7) is 2.80. The van der Waals surface area contributed by atoms with Crippen molar-refractivity contribution in [2.75, 3.05) is 19.6 Å². The minimum absolute atomic E-state index is 0.00506. The standard InChI is InChI=1S/C23H22FN3O/c24-19-6-4-16(5-7-19)20-14-27(21-17-8-10-26(11-9-17)22(20)21)23(28)18-3-1-2-15(12-18)13-25/h1-7,12,17,20-22H,8-11,14H2/t20-,21+,22+/m1/s1. The molecule has 0 aliphatic carbocycles. The molecule has 6 rings (SSSR count). The van der Waals surface area contributed by atoms with Gasteiger partial charge < -0.3 is 4.90 Å². The Morgan fingerprint density at radius 3 is 2.54 bits per heavy atom. The van der Waals surface area contributed by atoms with Crippen molar-refractivity contribution in [1.29, 1.82) is 5.26 Å². The Balaban J connectivity index is 1.52. The Morgan fingerprint density at radius 2 is 1.82 bits per heavy atom. The number of rotatable bonds is 2. The van der Waals surface area contributed by atoms with Crippen molar-refractivity contribution in [3.8, 4) is 6.07 Å². The van der Waals surface area contributed by atoms with E-state index in [2.05, 4.69) is 11.0 Å². The SMILES string of the molecule is N#Cc1cccc(C(=O)N2C[C@H](c3ccc(F)cc3)[C@H]3[C@@H]2C2CCN3CC2)c1. The highest BCUT2D eigenvalue weighted by Crippen LogP contribution is 2.46. The molecule has 0 radical (unpaired) electrons. The quantitative estimate of drug-likeness (QED) is 0.808. The van der Waals surface area contributed by atoms with Gasteiger partial charge in [0.15, 0.2) is 0 Å². The molecule has 4 heterocycles. The molecule has 2 bridgehead atoms. The van der Waals surface area contributed by atoms with Crippen LogP contribution in [0.3, 0.4) is 0 Å².